The molecule has 37 heavy (non-hydrogen) atoms. The lowest BCUT2D eigenvalue weighted by Crippen LogP contribution is -2.56. The first-order chi connectivity index (χ1) is 17.9. The van der Waals surface area contributed by atoms with E-state index in [1.165, 1.54) is 16.0 Å². The van der Waals surface area contributed by atoms with Crippen LogP contribution < -0.4 is 9.64 Å². The molecule has 8 heteroatoms. The summed E-state index contributed by atoms with van der Waals surface area (Å²) >= 11 is 0. The third-order valence-corrected chi connectivity index (χ3v) is 7.24. The highest BCUT2D eigenvalue weighted by molar-refractivity contribution is 5.66. The van der Waals surface area contributed by atoms with Crippen LogP contribution in [0.4, 0.5) is 10.6 Å². The van der Waals surface area contributed by atoms with Crippen molar-refractivity contribution < 1.29 is 14.6 Å². The number of nitrogens with zero attached hydrogens (tertiary/aromatic N) is 5. The van der Waals surface area contributed by atoms with Gasteiger partial charge in [0.25, 0.3) is 0 Å². The van der Waals surface area contributed by atoms with Crippen molar-refractivity contribution in [3.05, 3.63) is 83.7 Å². The SMILES string of the molecule is CC(C)c1ccc(CN2CC(Oc3cnc(N4CCN(C(=O)O)C(Cc5ccccc5)C4)cn3)C2)cc1. The van der Waals surface area contributed by atoms with Crippen molar-refractivity contribution in [2.24, 2.45) is 0 Å². The number of ether oxygens (including phenoxy) is 1. The van der Waals surface area contributed by atoms with E-state index in [1.807, 2.05) is 30.3 Å². The predicted molar refractivity (Wildman–Crippen MR) is 143 cm³/mol. The maximum atomic E-state index is 11.8. The van der Waals surface area contributed by atoms with Crippen LogP contribution in [0.1, 0.15) is 36.5 Å². The summed E-state index contributed by atoms with van der Waals surface area (Å²) in [5, 5.41) is 9.68. The summed E-state index contributed by atoms with van der Waals surface area (Å²) in [5.74, 6) is 1.82. The number of aromatic nitrogens is 2. The minimum atomic E-state index is -0.877. The molecule has 1 aromatic heterocycles. The Morgan fingerprint density at radius 2 is 1.73 bits per heavy atom. The predicted octanol–water partition coefficient (Wildman–Crippen LogP) is 4.27. The summed E-state index contributed by atoms with van der Waals surface area (Å²) in [6.07, 6.45) is 3.32. The number of carboxylic acid groups (broad SMARTS) is 1. The van der Waals surface area contributed by atoms with Gasteiger partial charge in [-0.15, -0.1) is 0 Å². The van der Waals surface area contributed by atoms with Crippen LogP contribution in [0.2, 0.25) is 0 Å². The van der Waals surface area contributed by atoms with Crippen LogP contribution in [0.15, 0.2) is 67.0 Å². The second-order valence-electron chi connectivity index (χ2n) is 10.3. The molecule has 194 valence electrons. The molecule has 0 bridgehead atoms. The molecule has 0 saturated carbocycles. The highest BCUT2D eigenvalue weighted by Crippen LogP contribution is 2.23. The van der Waals surface area contributed by atoms with E-state index in [0.29, 0.717) is 37.9 Å². The number of piperazine rings is 1. The van der Waals surface area contributed by atoms with Crippen LogP contribution in [0.25, 0.3) is 0 Å². The minimum Gasteiger partial charge on any atom is -0.471 e. The van der Waals surface area contributed by atoms with E-state index >= 15 is 0 Å². The van der Waals surface area contributed by atoms with Gasteiger partial charge in [0.05, 0.1) is 18.4 Å². The average Bonchev–Trinajstić information content (AvgIpc) is 2.88. The van der Waals surface area contributed by atoms with Gasteiger partial charge in [-0.2, -0.15) is 0 Å². The molecule has 8 nitrogen and oxygen atoms in total. The summed E-state index contributed by atoms with van der Waals surface area (Å²) in [7, 11) is 0. The fourth-order valence-electron chi connectivity index (χ4n) is 5.07. The fourth-order valence-corrected chi connectivity index (χ4v) is 5.07. The van der Waals surface area contributed by atoms with Gasteiger partial charge in [0.1, 0.15) is 11.9 Å². The topological polar surface area (TPSA) is 82.0 Å². The first-order valence-electron chi connectivity index (χ1n) is 13.0. The molecule has 0 spiro atoms. The summed E-state index contributed by atoms with van der Waals surface area (Å²) in [6.45, 7) is 8.68. The molecule has 5 rings (SSSR count). The lowest BCUT2D eigenvalue weighted by atomic mass is 10.0. The molecule has 1 atom stereocenters. The van der Waals surface area contributed by atoms with Crippen molar-refractivity contribution in [1.29, 1.82) is 0 Å². The van der Waals surface area contributed by atoms with Crippen LogP contribution in [-0.4, -0.2) is 75.8 Å². The zero-order valence-corrected chi connectivity index (χ0v) is 21.5. The van der Waals surface area contributed by atoms with Crippen LogP contribution in [-0.2, 0) is 13.0 Å². The second kappa shape index (κ2) is 11.2. The summed E-state index contributed by atoms with van der Waals surface area (Å²) in [6, 6.07) is 18.7. The van der Waals surface area contributed by atoms with Gasteiger partial charge in [-0.05, 0) is 29.0 Å². The molecule has 3 heterocycles. The van der Waals surface area contributed by atoms with E-state index in [9.17, 15) is 9.90 Å². The molecule has 2 aromatic carbocycles. The van der Waals surface area contributed by atoms with E-state index in [1.54, 1.807) is 12.4 Å². The quantitative estimate of drug-likeness (QED) is 0.494. The number of hydrogen-bond donors (Lipinski definition) is 1. The van der Waals surface area contributed by atoms with Gasteiger partial charge < -0.3 is 19.6 Å². The fraction of sp³-hybridized carbons (Fsp3) is 0.414. The van der Waals surface area contributed by atoms with Crippen molar-refractivity contribution in [3.8, 4) is 5.88 Å². The third kappa shape index (κ3) is 6.20. The number of carbonyl (C=O) groups is 1. The maximum Gasteiger partial charge on any atom is 0.407 e. The van der Waals surface area contributed by atoms with Gasteiger partial charge >= 0.3 is 6.09 Å². The van der Waals surface area contributed by atoms with E-state index in [-0.39, 0.29) is 12.1 Å². The third-order valence-electron chi connectivity index (χ3n) is 7.24. The Kier molecular flexibility index (Phi) is 7.55. The highest BCUT2D eigenvalue weighted by Gasteiger charge is 2.32. The van der Waals surface area contributed by atoms with Gasteiger partial charge in [0.15, 0.2) is 0 Å². The van der Waals surface area contributed by atoms with Gasteiger partial charge in [-0.25, -0.2) is 14.8 Å². The number of amides is 1. The monoisotopic (exact) mass is 501 g/mol. The van der Waals surface area contributed by atoms with E-state index in [2.05, 4.69) is 57.9 Å². The molecule has 3 aromatic rings. The molecule has 0 aliphatic carbocycles. The van der Waals surface area contributed by atoms with Gasteiger partial charge in [-0.1, -0.05) is 68.4 Å². The lowest BCUT2D eigenvalue weighted by molar-refractivity contribution is 0.0116. The Morgan fingerprint density at radius 1 is 0.973 bits per heavy atom. The summed E-state index contributed by atoms with van der Waals surface area (Å²) in [5.41, 5.74) is 3.81. The van der Waals surface area contributed by atoms with Crippen molar-refractivity contribution in [2.45, 2.75) is 44.9 Å². The minimum absolute atomic E-state index is 0.115. The molecule has 1 N–H and O–H groups in total. The number of anilines is 1. The van der Waals surface area contributed by atoms with Crippen molar-refractivity contribution >= 4 is 11.9 Å². The molecule has 2 fully saturated rings. The zero-order chi connectivity index (χ0) is 25.8. The number of hydrogen-bond acceptors (Lipinski definition) is 6. The normalized spacial score (nSPS) is 18.6. The van der Waals surface area contributed by atoms with E-state index < -0.39 is 6.09 Å². The second-order valence-corrected chi connectivity index (χ2v) is 10.3. The largest absolute Gasteiger partial charge is 0.471 e. The van der Waals surface area contributed by atoms with Crippen molar-refractivity contribution in [3.63, 3.8) is 0 Å². The maximum absolute atomic E-state index is 11.8. The Balaban J connectivity index is 1.12. The van der Waals surface area contributed by atoms with Gasteiger partial charge in [0.2, 0.25) is 5.88 Å². The summed E-state index contributed by atoms with van der Waals surface area (Å²) < 4.78 is 6.04. The molecular formula is C29H35N5O3. The Bertz CT molecular complexity index is 1160. The molecule has 2 aliphatic heterocycles. The zero-order valence-electron chi connectivity index (χ0n) is 21.5. The highest BCUT2D eigenvalue weighted by atomic mass is 16.5. The van der Waals surface area contributed by atoms with Crippen molar-refractivity contribution in [2.75, 3.05) is 37.6 Å². The Morgan fingerprint density at radius 3 is 2.38 bits per heavy atom. The van der Waals surface area contributed by atoms with Crippen LogP contribution in [0.3, 0.4) is 0 Å². The van der Waals surface area contributed by atoms with Crippen LogP contribution in [0.5, 0.6) is 5.88 Å². The number of benzene rings is 2. The Hall–Kier alpha value is -3.65. The van der Waals surface area contributed by atoms with E-state index in [4.69, 9.17) is 4.74 Å². The standard InChI is InChI=1S/C29H35N5O3/c1-21(2)24-10-8-23(9-11-24)17-32-19-26(20-32)37-28-16-30-27(15-31-28)33-12-13-34(29(35)36)25(18-33)14-22-6-4-3-5-7-22/h3-11,15-16,21,25-26H,12-14,17-20H2,1-2H3,(H,35,36). The first-order valence-corrected chi connectivity index (χ1v) is 13.0. The Labute approximate surface area is 218 Å². The molecule has 2 aliphatic rings. The average molecular weight is 502 g/mol. The van der Waals surface area contributed by atoms with Crippen molar-refractivity contribution in [1.82, 2.24) is 19.8 Å². The molecular weight excluding hydrogens is 466 g/mol. The van der Waals surface area contributed by atoms with E-state index in [0.717, 1.165) is 31.0 Å². The number of rotatable bonds is 8. The van der Waals surface area contributed by atoms with Gasteiger partial charge in [-0.3, -0.25) is 4.90 Å². The lowest BCUT2D eigenvalue weighted by Gasteiger charge is -2.40. The summed E-state index contributed by atoms with van der Waals surface area (Å²) in [4.78, 5) is 26.9. The molecule has 2 saturated heterocycles. The van der Waals surface area contributed by atoms with Crippen LogP contribution in [0, 0.1) is 0 Å². The smallest absolute Gasteiger partial charge is 0.407 e. The molecule has 0 radical (unpaired) electrons. The number of likely N-dealkylation sites (tertiary alicyclic amines) is 1. The molecule has 1 amide bonds. The molecule has 1 unspecified atom stereocenters. The van der Waals surface area contributed by atoms with Crippen LogP contribution >= 0.6 is 0 Å². The first kappa shape index (κ1) is 25.0. The van der Waals surface area contributed by atoms with Gasteiger partial charge in [0, 0.05) is 39.3 Å².